The molecule has 0 radical (unpaired) electrons. The fraction of sp³-hybridized carbons (Fsp3) is 0.900. The van der Waals surface area contributed by atoms with Crippen molar-refractivity contribution < 1.29 is 9.53 Å². The van der Waals surface area contributed by atoms with Crippen LogP contribution in [-0.4, -0.2) is 39.3 Å². The van der Waals surface area contributed by atoms with E-state index in [0.29, 0.717) is 19.6 Å². The van der Waals surface area contributed by atoms with Crippen molar-refractivity contribution in [3.63, 3.8) is 0 Å². The van der Waals surface area contributed by atoms with E-state index in [-0.39, 0.29) is 5.91 Å². The average molecular weight is 202 g/mol. The predicted molar refractivity (Wildman–Crippen MR) is 57.3 cm³/mol. The van der Waals surface area contributed by atoms with Crippen LogP contribution < -0.4 is 10.6 Å². The maximum Gasteiger partial charge on any atom is 0.221 e. The molecule has 0 unspecified atom stereocenters. The Morgan fingerprint density at radius 3 is 2.71 bits per heavy atom. The summed E-state index contributed by atoms with van der Waals surface area (Å²) in [4.78, 5) is 11.1. The molecule has 4 nitrogen and oxygen atoms in total. The Morgan fingerprint density at radius 2 is 2.07 bits per heavy atom. The van der Waals surface area contributed by atoms with Gasteiger partial charge in [-0.25, -0.2) is 0 Å². The first kappa shape index (κ1) is 13.4. The first-order valence-corrected chi connectivity index (χ1v) is 5.27. The molecule has 0 saturated heterocycles. The van der Waals surface area contributed by atoms with Crippen LogP contribution in [-0.2, 0) is 9.53 Å². The van der Waals surface area contributed by atoms with Crippen molar-refractivity contribution in [3.05, 3.63) is 0 Å². The van der Waals surface area contributed by atoms with Crippen molar-refractivity contribution in [2.75, 3.05) is 33.4 Å². The Hall–Kier alpha value is -0.610. The van der Waals surface area contributed by atoms with Gasteiger partial charge in [0.15, 0.2) is 0 Å². The number of amides is 1. The fourth-order valence-electron chi connectivity index (χ4n) is 1.01. The van der Waals surface area contributed by atoms with Gasteiger partial charge in [-0.2, -0.15) is 0 Å². The molecule has 4 heteroatoms. The molecule has 0 aromatic heterocycles. The molecule has 0 saturated carbocycles. The highest BCUT2D eigenvalue weighted by atomic mass is 16.5. The lowest BCUT2D eigenvalue weighted by Crippen LogP contribution is -2.30. The zero-order valence-electron chi connectivity index (χ0n) is 9.27. The molecule has 84 valence electrons. The van der Waals surface area contributed by atoms with Gasteiger partial charge in [0.2, 0.25) is 5.91 Å². The average Bonchev–Trinajstić information content (AvgIpc) is 2.18. The van der Waals surface area contributed by atoms with E-state index in [1.807, 2.05) is 0 Å². The molecule has 0 aliphatic carbocycles. The SMILES string of the molecule is CCCCNCCC(=O)NCCOC. The molecule has 0 atom stereocenters. The molecular weight excluding hydrogens is 180 g/mol. The minimum atomic E-state index is 0.0889. The van der Waals surface area contributed by atoms with Gasteiger partial charge < -0.3 is 15.4 Å². The molecule has 0 heterocycles. The van der Waals surface area contributed by atoms with Gasteiger partial charge in [-0.1, -0.05) is 13.3 Å². The summed E-state index contributed by atoms with van der Waals surface area (Å²) < 4.78 is 4.82. The molecule has 0 spiro atoms. The van der Waals surface area contributed by atoms with Crippen molar-refractivity contribution in [3.8, 4) is 0 Å². The number of ether oxygens (including phenoxy) is 1. The zero-order chi connectivity index (χ0) is 10.6. The second-order valence-corrected chi connectivity index (χ2v) is 3.20. The number of hydrogen-bond donors (Lipinski definition) is 2. The fourth-order valence-corrected chi connectivity index (χ4v) is 1.01. The van der Waals surface area contributed by atoms with E-state index < -0.39 is 0 Å². The van der Waals surface area contributed by atoms with Gasteiger partial charge in [0.05, 0.1) is 6.61 Å². The Bertz CT molecular complexity index is 140. The van der Waals surface area contributed by atoms with Crippen LogP contribution in [0.25, 0.3) is 0 Å². The highest BCUT2D eigenvalue weighted by molar-refractivity contribution is 5.75. The van der Waals surface area contributed by atoms with Crippen molar-refractivity contribution in [2.45, 2.75) is 26.2 Å². The first-order valence-electron chi connectivity index (χ1n) is 5.27. The third kappa shape index (κ3) is 9.48. The van der Waals surface area contributed by atoms with Crippen LogP contribution in [0.2, 0.25) is 0 Å². The topological polar surface area (TPSA) is 50.4 Å². The summed E-state index contributed by atoms with van der Waals surface area (Å²) in [5.41, 5.74) is 0. The summed E-state index contributed by atoms with van der Waals surface area (Å²) >= 11 is 0. The van der Waals surface area contributed by atoms with Gasteiger partial charge in [0, 0.05) is 26.6 Å². The Kier molecular flexibility index (Phi) is 10.0. The van der Waals surface area contributed by atoms with E-state index in [1.54, 1.807) is 7.11 Å². The normalized spacial score (nSPS) is 10.1. The Morgan fingerprint density at radius 1 is 1.29 bits per heavy atom. The summed E-state index contributed by atoms with van der Waals surface area (Å²) in [5.74, 6) is 0.0889. The van der Waals surface area contributed by atoms with Crippen LogP contribution in [0, 0.1) is 0 Å². The quantitative estimate of drug-likeness (QED) is 0.536. The van der Waals surface area contributed by atoms with Crippen molar-refractivity contribution in [1.82, 2.24) is 10.6 Å². The lowest BCUT2D eigenvalue weighted by atomic mass is 10.3. The van der Waals surface area contributed by atoms with E-state index in [1.165, 1.54) is 12.8 Å². The largest absolute Gasteiger partial charge is 0.383 e. The van der Waals surface area contributed by atoms with Crippen molar-refractivity contribution >= 4 is 5.91 Å². The Balaban J connectivity index is 3.10. The van der Waals surface area contributed by atoms with E-state index in [2.05, 4.69) is 17.6 Å². The number of methoxy groups -OCH3 is 1. The van der Waals surface area contributed by atoms with Crippen LogP contribution in [0.4, 0.5) is 0 Å². The highest BCUT2D eigenvalue weighted by Crippen LogP contribution is 1.83. The number of carbonyl (C=O) groups is 1. The van der Waals surface area contributed by atoms with Crippen LogP contribution in [0.15, 0.2) is 0 Å². The molecule has 0 fully saturated rings. The standard InChI is InChI=1S/C10H22N2O2/c1-3-4-6-11-7-5-10(13)12-8-9-14-2/h11H,3-9H2,1-2H3,(H,12,13). The van der Waals surface area contributed by atoms with Crippen molar-refractivity contribution in [2.24, 2.45) is 0 Å². The summed E-state index contributed by atoms with van der Waals surface area (Å²) in [6, 6.07) is 0. The predicted octanol–water partition coefficient (Wildman–Crippen LogP) is 0.529. The maximum atomic E-state index is 11.1. The van der Waals surface area contributed by atoms with Gasteiger partial charge in [0.1, 0.15) is 0 Å². The molecule has 0 bridgehead atoms. The van der Waals surface area contributed by atoms with E-state index >= 15 is 0 Å². The van der Waals surface area contributed by atoms with Crippen LogP contribution in [0.3, 0.4) is 0 Å². The van der Waals surface area contributed by atoms with E-state index in [9.17, 15) is 4.79 Å². The first-order chi connectivity index (χ1) is 6.81. The van der Waals surface area contributed by atoms with Gasteiger partial charge in [-0.15, -0.1) is 0 Å². The van der Waals surface area contributed by atoms with Crippen molar-refractivity contribution in [1.29, 1.82) is 0 Å². The molecule has 14 heavy (non-hydrogen) atoms. The molecule has 0 aliphatic heterocycles. The van der Waals surface area contributed by atoms with Gasteiger partial charge in [-0.3, -0.25) is 4.79 Å². The summed E-state index contributed by atoms with van der Waals surface area (Å²) in [6.45, 7) is 5.10. The second kappa shape index (κ2) is 10.5. The number of unbranched alkanes of at least 4 members (excludes halogenated alkanes) is 1. The molecular formula is C10H22N2O2. The van der Waals surface area contributed by atoms with Gasteiger partial charge >= 0.3 is 0 Å². The van der Waals surface area contributed by atoms with Gasteiger partial charge in [0.25, 0.3) is 0 Å². The lowest BCUT2D eigenvalue weighted by Gasteiger charge is -2.05. The number of rotatable bonds is 9. The molecule has 2 N–H and O–H groups in total. The molecule has 0 aliphatic rings. The smallest absolute Gasteiger partial charge is 0.221 e. The summed E-state index contributed by atoms with van der Waals surface area (Å²) in [5, 5.41) is 5.99. The molecule has 1 amide bonds. The number of carbonyl (C=O) groups excluding carboxylic acids is 1. The second-order valence-electron chi connectivity index (χ2n) is 3.20. The lowest BCUT2D eigenvalue weighted by molar-refractivity contribution is -0.121. The zero-order valence-corrected chi connectivity index (χ0v) is 9.27. The minimum absolute atomic E-state index is 0.0889. The molecule has 0 aromatic rings. The van der Waals surface area contributed by atoms with Gasteiger partial charge in [-0.05, 0) is 13.0 Å². The maximum absolute atomic E-state index is 11.1. The minimum Gasteiger partial charge on any atom is -0.383 e. The van der Waals surface area contributed by atoms with E-state index in [0.717, 1.165) is 13.1 Å². The van der Waals surface area contributed by atoms with Crippen LogP contribution >= 0.6 is 0 Å². The summed E-state index contributed by atoms with van der Waals surface area (Å²) in [6.07, 6.45) is 2.91. The number of hydrogen-bond acceptors (Lipinski definition) is 3. The van der Waals surface area contributed by atoms with E-state index in [4.69, 9.17) is 4.74 Å². The highest BCUT2D eigenvalue weighted by Gasteiger charge is 1.98. The number of nitrogens with one attached hydrogen (secondary N) is 2. The Labute approximate surface area is 86.4 Å². The molecule has 0 rings (SSSR count). The monoisotopic (exact) mass is 202 g/mol. The van der Waals surface area contributed by atoms with Crippen LogP contribution in [0.5, 0.6) is 0 Å². The van der Waals surface area contributed by atoms with Crippen LogP contribution in [0.1, 0.15) is 26.2 Å². The molecule has 0 aromatic carbocycles. The third-order valence-electron chi connectivity index (χ3n) is 1.86. The summed E-state index contributed by atoms with van der Waals surface area (Å²) in [7, 11) is 1.62. The third-order valence-corrected chi connectivity index (χ3v) is 1.86.